The number of phenols is 1. The fourth-order valence-electron chi connectivity index (χ4n) is 2.43. The first-order valence-electron chi connectivity index (χ1n) is 7.78. The highest BCUT2D eigenvalue weighted by Crippen LogP contribution is 2.26. The van der Waals surface area contributed by atoms with E-state index >= 15 is 0 Å². The van der Waals surface area contributed by atoms with Crippen LogP contribution in [0.3, 0.4) is 0 Å². The summed E-state index contributed by atoms with van der Waals surface area (Å²) < 4.78 is 0. The monoisotopic (exact) mass is 382 g/mol. The van der Waals surface area contributed by atoms with Crippen molar-refractivity contribution in [2.75, 3.05) is 5.32 Å². The molecule has 1 amide bonds. The standard InChI is InChI=1S/C20H15ClN2O2S/c21-15-7-4-13(5-8-15)6-11-19(25)23-20(26)22-18-3-1-2-14-12-16(24)9-10-17(14)18/h1-12,24H,(H2,22,23,25,26)/b11-6+. The van der Waals surface area contributed by atoms with Gasteiger partial charge in [0.15, 0.2) is 5.11 Å². The van der Waals surface area contributed by atoms with Gasteiger partial charge in [0, 0.05) is 22.2 Å². The predicted molar refractivity (Wildman–Crippen MR) is 110 cm³/mol. The van der Waals surface area contributed by atoms with Crippen LogP contribution in [0.1, 0.15) is 5.56 Å². The van der Waals surface area contributed by atoms with Crippen LogP contribution in [-0.2, 0) is 4.79 Å². The third-order valence-corrected chi connectivity index (χ3v) is 4.10. The molecule has 0 unspecified atom stereocenters. The average molecular weight is 383 g/mol. The van der Waals surface area contributed by atoms with Gasteiger partial charge in [0.2, 0.25) is 5.91 Å². The Morgan fingerprint density at radius 3 is 2.62 bits per heavy atom. The van der Waals surface area contributed by atoms with E-state index < -0.39 is 0 Å². The Kier molecular flexibility index (Phi) is 5.51. The lowest BCUT2D eigenvalue weighted by Crippen LogP contribution is -2.32. The lowest BCUT2D eigenvalue weighted by molar-refractivity contribution is -0.115. The molecule has 26 heavy (non-hydrogen) atoms. The van der Waals surface area contributed by atoms with E-state index in [1.54, 1.807) is 36.4 Å². The summed E-state index contributed by atoms with van der Waals surface area (Å²) in [7, 11) is 0. The van der Waals surface area contributed by atoms with Crippen molar-refractivity contribution in [2.45, 2.75) is 0 Å². The minimum absolute atomic E-state index is 0.191. The van der Waals surface area contributed by atoms with Crippen molar-refractivity contribution in [3.8, 4) is 5.75 Å². The molecule has 3 aromatic rings. The number of fused-ring (bicyclic) bond motifs is 1. The van der Waals surface area contributed by atoms with Crippen molar-refractivity contribution >= 4 is 57.4 Å². The Hall–Kier alpha value is -2.89. The van der Waals surface area contributed by atoms with Gasteiger partial charge in [-0.15, -0.1) is 0 Å². The van der Waals surface area contributed by atoms with Gasteiger partial charge in [0.1, 0.15) is 5.75 Å². The second-order valence-corrected chi connectivity index (χ2v) is 6.38. The largest absolute Gasteiger partial charge is 0.508 e. The molecule has 0 saturated heterocycles. The van der Waals surface area contributed by atoms with Gasteiger partial charge >= 0.3 is 0 Å². The van der Waals surface area contributed by atoms with Crippen LogP contribution in [0, 0.1) is 0 Å². The zero-order valence-electron chi connectivity index (χ0n) is 13.6. The molecule has 3 aromatic carbocycles. The van der Waals surface area contributed by atoms with Crippen LogP contribution in [-0.4, -0.2) is 16.1 Å². The molecule has 130 valence electrons. The first-order chi connectivity index (χ1) is 12.5. The van der Waals surface area contributed by atoms with Gasteiger partial charge in [0.05, 0.1) is 0 Å². The molecule has 3 rings (SSSR count). The highest BCUT2D eigenvalue weighted by atomic mass is 35.5. The topological polar surface area (TPSA) is 61.4 Å². The van der Waals surface area contributed by atoms with E-state index in [1.807, 2.05) is 30.3 Å². The Balaban J connectivity index is 1.65. The molecular weight excluding hydrogens is 368 g/mol. The smallest absolute Gasteiger partial charge is 0.250 e. The van der Waals surface area contributed by atoms with Crippen molar-refractivity contribution in [2.24, 2.45) is 0 Å². The summed E-state index contributed by atoms with van der Waals surface area (Å²) in [6, 6.07) is 17.8. The van der Waals surface area contributed by atoms with Crippen LogP contribution in [0.15, 0.2) is 66.7 Å². The molecule has 0 saturated carbocycles. The number of nitrogens with one attached hydrogen (secondary N) is 2. The zero-order valence-corrected chi connectivity index (χ0v) is 15.1. The Morgan fingerprint density at radius 2 is 1.85 bits per heavy atom. The number of phenolic OH excluding ortho intramolecular Hbond substituents is 1. The SMILES string of the molecule is O=C(/C=C/c1ccc(Cl)cc1)NC(=S)Nc1cccc2cc(O)ccc12. The number of aromatic hydroxyl groups is 1. The lowest BCUT2D eigenvalue weighted by atomic mass is 10.1. The van der Waals surface area contributed by atoms with Crippen LogP contribution in [0.25, 0.3) is 16.8 Å². The van der Waals surface area contributed by atoms with Gasteiger partial charge < -0.3 is 10.4 Å². The van der Waals surface area contributed by atoms with Crippen molar-refractivity contribution in [1.29, 1.82) is 0 Å². The molecule has 4 nitrogen and oxygen atoms in total. The number of carbonyl (C=O) groups is 1. The third kappa shape index (κ3) is 4.59. The van der Waals surface area contributed by atoms with Crippen LogP contribution < -0.4 is 10.6 Å². The van der Waals surface area contributed by atoms with Crippen molar-refractivity contribution < 1.29 is 9.90 Å². The van der Waals surface area contributed by atoms with E-state index in [0.29, 0.717) is 5.02 Å². The highest BCUT2D eigenvalue weighted by Gasteiger charge is 2.05. The molecule has 3 N–H and O–H groups in total. The summed E-state index contributed by atoms with van der Waals surface area (Å²) in [4.78, 5) is 12.0. The summed E-state index contributed by atoms with van der Waals surface area (Å²) >= 11 is 11.0. The second-order valence-electron chi connectivity index (χ2n) is 5.54. The van der Waals surface area contributed by atoms with Gasteiger partial charge in [-0.3, -0.25) is 10.1 Å². The molecule has 0 aliphatic carbocycles. The van der Waals surface area contributed by atoms with Gasteiger partial charge in [-0.25, -0.2) is 0 Å². The Bertz CT molecular complexity index is 1000. The number of hydrogen-bond donors (Lipinski definition) is 3. The molecule has 0 aliphatic heterocycles. The molecule has 0 radical (unpaired) electrons. The first kappa shape index (κ1) is 17.9. The van der Waals surface area contributed by atoms with Gasteiger partial charge in [-0.1, -0.05) is 35.9 Å². The van der Waals surface area contributed by atoms with E-state index in [-0.39, 0.29) is 16.8 Å². The maximum atomic E-state index is 12.0. The second kappa shape index (κ2) is 7.99. The normalized spacial score (nSPS) is 10.8. The Morgan fingerprint density at radius 1 is 1.08 bits per heavy atom. The van der Waals surface area contributed by atoms with Crippen molar-refractivity contribution in [3.63, 3.8) is 0 Å². The van der Waals surface area contributed by atoms with Crippen LogP contribution in [0.5, 0.6) is 5.75 Å². The number of benzene rings is 3. The lowest BCUT2D eigenvalue weighted by Gasteiger charge is -2.11. The van der Waals surface area contributed by atoms with Crippen molar-refractivity contribution in [3.05, 3.63) is 77.3 Å². The van der Waals surface area contributed by atoms with Gasteiger partial charge in [0.25, 0.3) is 0 Å². The fourth-order valence-corrected chi connectivity index (χ4v) is 2.77. The number of carbonyl (C=O) groups excluding carboxylic acids is 1. The molecule has 0 bridgehead atoms. The van der Waals surface area contributed by atoms with Gasteiger partial charge in [-0.05, 0) is 65.6 Å². The fraction of sp³-hybridized carbons (Fsp3) is 0. The van der Waals surface area contributed by atoms with Crippen LogP contribution >= 0.6 is 23.8 Å². The highest BCUT2D eigenvalue weighted by molar-refractivity contribution is 7.80. The maximum absolute atomic E-state index is 12.0. The third-order valence-electron chi connectivity index (χ3n) is 3.65. The minimum Gasteiger partial charge on any atom is -0.508 e. The molecule has 0 atom stereocenters. The molecule has 0 spiro atoms. The van der Waals surface area contributed by atoms with Crippen LogP contribution in [0.2, 0.25) is 5.02 Å². The number of amides is 1. The summed E-state index contributed by atoms with van der Waals surface area (Å²) in [6.45, 7) is 0. The molecule has 0 heterocycles. The number of hydrogen-bond acceptors (Lipinski definition) is 3. The number of rotatable bonds is 3. The summed E-state index contributed by atoms with van der Waals surface area (Å²) in [5.41, 5.74) is 1.60. The summed E-state index contributed by atoms with van der Waals surface area (Å²) in [6.07, 6.45) is 3.08. The maximum Gasteiger partial charge on any atom is 0.250 e. The van der Waals surface area contributed by atoms with E-state index in [9.17, 15) is 9.90 Å². The minimum atomic E-state index is -0.338. The average Bonchev–Trinajstić information content (AvgIpc) is 2.61. The molecule has 0 aromatic heterocycles. The summed E-state index contributed by atoms with van der Waals surface area (Å²) in [5, 5.41) is 17.8. The first-order valence-corrected chi connectivity index (χ1v) is 8.57. The molecule has 6 heteroatoms. The summed E-state index contributed by atoms with van der Waals surface area (Å²) in [5.74, 6) is -0.145. The molecule has 0 fully saturated rings. The molecular formula is C20H15ClN2O2S. The Labute approximate surface area is 161 Å². The zero-order chi connectivity index (χ0) is 18.5. The van der Waals surface area contributed by atoms with Gasteiger partial charge in [-0.2, -0.15) is 0 Å². The van der Waals surface area contributed by atoms with E-state index in [1.165, 1.54) is 6.08 Å². The van der Waals surface area contributed by atoms with Crippen molar-refractivity contribution in [1.82, 2.24) is 5.32 Å². The number of thiocarbonyl (C=S) groups is 1. The van der Waals surface area contributed by atoms with E-state index in [4.69, 9.17) is 23.8 Å². The quantitative estimate of drug-likeness (QED) is 0.453. The van der Waals surface area contributed by atoms with E-state index in [0.717, 1.165) is 22.0 Å². The molecule has 0 aliphatic rings. The number of halogens is 1. The predicted octanol–water partition coefficient (Wildman–Crippen LogP) is 4.73. The number of anilines is 1. The van der Waals surface area contributed by atoms with Crippen LogP contribution in [0.4, 0.5) is 5.69 Å². The van der Waals surface area contributed by atoms with E-state index in [2.05, 4.69) is 10.6 Å².